The lowest BCUT2D eigenvalue weighted by Gasteiger charge is -2.20. The second kappa shape index (κ2) is 7.93. The van der Waals surface area contributed by atoms with Crippen molar-refractivity contribution in [2.75, 3.05) is 12.4 Å². The lowest BCUT2D eigenvalue weighted by atomic mass is 10.1. The fourth-order valence-corrected chi connectivity index (χ4v) is 3.53. The smallest absolute Gasteiger partial charge is 0.328 e. The van der Waals surface area contributed by atoms with Gasteiger partial charge in [0, 0.05) is 11.3 Å². The van der Waals surface area contributed by atoms with Gasteiger partial charge in [0.05, 0.1) is 7.11 Å². The number of methoxy groups -OCH3 is 1. The number of rotatable bonds is 5. The van der Waals surface area contributed by atoms with Crippen LogP contribution in [0.25, 0.3) is 15.5 Å². The summed E-state index contributed by atoms with van der Waals surface area (Å²) in [6.07, 6.45) is 0. The summed E-state index contributed by atoms with van der Waals surface area (Å²) in [5.41, 5.74) is 2.37. The first-order valence-corrected chi connectivity index (χ1v) is 9.57. The van der Waals surface area contributed by atoms with Crippen LogP contribution in [-0.4, -0.2) is 45.0 Å². The van der Waals surface area contributed by atoms with Crippen molar-refractivity contribution in [3.05, 3.63) is 29.6 Å². The van der Waals surface area contributed by atoms with Crippen LogP contribution in [-0.2, 0) is 9.53 Å². The molecule has 2 amide bonds. The Labute approximate surface area is 166 Å². The van der Waals surface area contributed by atoms with Gasteiger partial charge in [-0.05, 0) is 31.4 Å². The molecule has 1 unspecified atom stereocenters. The number of hydrogen-bond acceptors (Lipinski definition) is 7. The predicted molar refractivity (Wildman–Crippen MR) is 106 cm³/mol. The third-order valence-corrected chi connectivity index (χ3v) is 5.24. The maximum Gasteiger partial charge on any atom is 0.328 e. The van der Waals surface area contributed by atoms with Gasteiger partial charge in [-0.2, -0.15) is 9.61 Å². The molecule has 0 aliphatic rings. The van der Waals surface area contributed by atoms with Crippen LogP contribution in [0.15, 0.2) is 18.2 Å². The van der Waals surface area contributed by atoms with E-state index in [1.54, 1.807) is 4.52 Å². The van der Waals surface area contributed by atoms with Gasteiger partial charge >= 0.3 is 12.0 Å². The number of urea groups is 1. The molecule has 148 valence electrons. The Morgan fingerprint density at radius 1 is 1.21 bits per heavy atom. The molecular formula is C18H22N6O3S. The molecule has 28 heavy (non-hydrogen) atoms. The highest BCUT2D eigenvalue weighted by atomic mass is 32.1. The lowest BCUT2D eigenvalue weighted by molar-refractivity contribution is -0.143. The van der Waals surface area contributed by atoms with Crippen LogP contribution in [0.3, 0.4) is 0 Å². The van der Waals surface area contributed by atoms with E-state index in [-0.39, 0.29) is 5.92 Å². The minimum Gasteiger partial charge on any atom is -0.467 e. The number of benzene rings is 1. The van der Waals surface area contributed by atoms with E-state index in [0.29, 0.717) is 16.5 Å². The number of fused-ring (bicyclic) bond motifs is 1. The number of nitrogens with zero attached hydrogens (tertiary/aromatic N) is 4. The van der Waals surface area contributed by atoms with E-state index < -0.39 is 18.0 Å². The monoisotopic (exact) mass is 402 g/mol. The van der Waals surface area contributed by atoms with E-state index in [0.717, 1.165) is 16.1 Å². The Kier molecular flexibility index (Phi) is 5.59. The first kappa shape index (κ1) is 19.7. The fourth-order valence-electron chi connectivity index (χ4n) is 2.65. The van der Waals surface area contributed by atoms with E-state index >= 15 is 0 Å². The number of amides is 2. The summed E-state index contributed by atoms with van der Waals surface area (Å²) >= 11 is 1.41. The minimum absolute atomic E-state index is 0.103. The SMILES string of the molecule is COC(=O)C(NC(=O)Nc1cc(-c2nn3c(C)nnc3s2)ccc1C)C(C)C. The van der Waals surface area contributed by atoms with E-state index in [1.807, 2.05) is 45.9 Å². The molecule has 0 aliphatic heterocycles. The first-order valence-electron chi connectivity index (χ1n) is 8.75. The molecule has 9 nitrogen and oxygen atoms in total. The maximum absolute atomic E-state index is 12.4. The predicted octanol–water partition coefficient (Wildman–Crippen LogP) is 2.79. The van der Waals surface area contributed by atoms with Gasteiger partial charge < -0.3 is 15.4 Å². The quantitative estimate of drug-likeness (QED) is 0.635. The highest BCUT2D eigenvalue weighted by Gasteiger charge is 2.25. The third kappa shape index (κ3) is 3.96. The summed E-state index contributed by atoms with van der Waals surface area (Å²) in [5, 5.41) is 18.8. The molecule has 2 heterocycles. The number of hydrogen-bond donors (Lipinski definition) is 2. The molecule has 10 heteroatoms. The van der Waals surface area contributed by atoms with Gasteiger partial charge in [-0.15, -0.1) is 10.2 Å². The number of ether oxygens (including phenoxy) is 1. The van der Waals surface area contributed by atoms with E-state index in [2.05, 4.69) is 25.9 Å². The first-order chi connectivity index (χ1) is 13.3. The van der Waals surface area contributed by atoms with E-state index in [4.69, 9.17) is 4.74 Å². The van der Waals surface area contributed by atoms with Crippen molar-refractivity contribution in [3.8, 4) is 10.6 Å². The van der Waals surface area contributed by atoms with Crippen molar-refractivity contribution < 1.29 is 14.3 Å². The number of aryl methyl sites for hydroxylation is 2. The third-order valence-electron chi connectivity index (χ3n) is 4.29. The Bertz CT molecular complexity index is 1030. The summed E-state index contributed by atoms with van der Waals surface area (Å²) < 4.78 is 6.44. The molecule has 1 atom stereocenters. The average Bonchev–Trinajstić information content (AvgIpc) is 3.23. The molecule has 0 radical (unpaired) electrons. The Morgan fingerprint density at radius 3 is 2.61 bits per heavy atom. The Hall–Kier alpha value is -3.01. The zero-order chi connectivity index (χ0) is 20.4. The van der Waals surface area contributed by atoms with Gasteiger partial charge in [0.15, 0.2) is 5.82 Å². The van der Waals surface area contributed by atoms with Gasteiger partial charge in [-0.1, -0.05) is 37.3 Å². The number of carbonyl (C=O) groups excluding carboxylic acids is 2. The van der Waals surface area contributed by atoms with Gasteiger partial charge in [0.1, 0.15) is 11.0 Å². The summed E-state index contributed by atoms with van der Waals surface area (Å²) in [4.78, 5) is 25.0. The van der Waals surface area contributed by atoms with Crippen LogP contribution in [0.1, 0.15) is 25.2 Å². The number of esters is 1. The van der Waals surface area contributed by atoms with Gasteiger partial charge in [0.2, 0.25) is 4.96 Å². The highest BCUT2D eigenvalue weighted by molar-refractivity contribution is 7.19. The molecule has 1 aromatic carbocycles. The summed E-state index contributed by atoms with van der Waals surface area (Å²) in [6.45, 7) is 7.40. The van der Waals surface area contributed by atoms with Crippen molar-refractivity contribution in [3.63, 3.8) is 0 Å². The van der Waals surface area contributed by atoms with Crippen molar-refractivity contribution in [1.29, 1.82) is 0 Å². The van der Waals surface area contributed by atoms with Crippen LogP contribution >= 0.6 is 11.3 Å². The van der Waals surface area contributed by atoms with Crippen LogP contribution in [0, 0.1) is 19.8 Å². The fraction of sp³-hybridized carbons (Fsp3) is 0.389. The largest absolute Gasteiger partial charge is 0.467 e. The molecule has 0 fully saturated rings. The molecule has 0 spiro atoms. The number of carbonyl (C=O) groups is 2. The number of aromatic nitrogens is 4. The van der Waals surface area contributed by atoms with Crippen LogP contribution in [0.2, 0.25) is 0 Å². The molecule has 2 aromatic heterocycles. The molecular weight excluding hydrogens is 380 g/mol. The van der Waals surface area contributed by atoms with Crippen molar-refractivity contribution >= 4 is 34.0 Å². The zero-order valence-corrected chi connectivity index (χ0v) is 17.1. The molecule has 2 N–H and O–H groups in total. The Balaban J connectivity index is 1.81. The van der Waals surface area contributed by atoms with Gasteiger partial charge in [-0.25, -0.2) is 9.59 Å². The summed E-state index contributed by atoms with van der Waals surface area (Å²) in [6, 6.07) is 4.48. The van der Waals surface area contributed by atoms with Crippen molar-refractivity contribution in [2.24, 2.45) is 5.92 Å². The molecule has 3 rings (SSSR count). The topological polar surface area (TPSA) is 111 Å². The van der Waals surface area contributed by atoms with Crippen LogP contribution in [0.5, 0.6) is 0 Å². The van der Waals surface area contributed by atoms with E-state index in [9.17, 15) is 9.59 Å². The Morgan fingerprint density at radius 2 is 1.96 bits per heavy atom. The average molecular weight is 402 g/mol. The zero-order valence-electron chi connectivity index (χ0n) is 16.3. The second-order valence-electron chi connectivity index (χ2n) is 6.72. The molecule has 0 saturated heterocycles. The molecule has 0 bridgehead atoms. The number of anilines is 1. The van der Waals surface area contributed by atoms with Gasteiger partial charge in [0.25, 0.3) is 0 Å². The second-order valence-corrected chi connectivity index (χ2v) is 7.68. The minimum atomic E-state index is -0.726. The van der Waals surface area contributed by atoms with Crippen LogP contribution in [0.4, 0.5) is 10.5 Å². The molecule has 0 saturated carbocycles. The van der Waals surface area contributed by atoms with Crippen LogP contribution < -0.4 is 10.6 Å². The highest BCUT2D eigenvalue weighted by Crippen LogP contribution is 2.29. The van der Waals surface area contributed by atoms with Crippen molar-refractivity contribution in [2.45, 2.75) is 33.7 Å². The molecule has 3 aromatic rings. The standard InChI is InChI=1S/C18H22N6O3S/c1-9(2)14(16(25)27-5)20-17(26)19-13-8-12(7-6-10(13)3)15-23-24-11(4)21-22-18(24)28-15/h6-9,14H,1-5H3,(H2,19,20,26). The summed E-state index contributed by atoms with van der Waals surface area (Å²) in [7, 11) is 1.30. The lowest BCUT2D eigenvalue weighted by Crippen LogP contribution is -2.46. The number of nitrogens with one attached hydrogen (secondary N) is 2. The molecule has 0 aliphatic carbocycles. The van der Waals surface area contributed by atoms with E-state index in [1.165, 1.54) is 18.4 Å². The normalized spacial score (nSPS) is 12.2. The maximum atomic E-state index is 12.4. The van der Waals surface area contributed by atoms with Crippen molar-refractivity contribution in [1.82, 2.24) is 25.1 Å². The summed E-state index contributed by atoms with van der Waals surface area (Å²) in [5.74, 6) is 0.129. The van der Waals surface area contributed by atoms with Gasteiger partial charge in [-0.3, -0.25) is 0 Å².